The van der Waals surface area contributed by atoms with Crippen LogP contribution in [0.2, 0.25) is 0 Å². The van der Waals surface area contributed by atoms with Crippen LogP contribution in [0.5, 0.6) is 0 Å². The molecule has 1 aliphatic heterocycles. The van der Waals surface area contributed by atoms with Gasteiger partial charge in [0, 0.05) is 19.5 Å². The van der Waals surface area contributed by atoms with E-state index in [1.165, 1.54) is 0 Å². The van der Waals surface area contributed by atoms with Crippen LogP contribution in [-0.2, 0) is 14.4 Å². The molecule has 6 nitrogen and oxygen atoms in total. The standard InChI is InChI=1S/C15H24N2O4/c1-3-9(2)13(15(20)21)16-14(19)11-6-12(18)17(8-11)7-10-4-5-10/h9-11,13H,3-8H2,1-2H3,(H,16,19)(H,20,21)/t9-,11?,13-/m0/s1. The molecule has 1 saturated carbocycles. The molecule has 1 unspecified atom stereocenters. The molecule has 118 valence electrons. The van der Waals surface area contributed by atoms with Gasteiger partial charge in [0.15, 0.2) is 0 Å². The minimum Gasteiger partial charge on any atom is -0.480 e. The summed E-state index contributed by atoms with van der Waals surface area (Å²) >= 11 is 0. The second kappa shape index (κ2) is 6.45. The Bertz CT molecular complexity index is 433. The van der Waals surface area contributed by atoms with Gasteiger partial charge in [-0.15, -0.1) is 0 Å². The Balaban J connectivity index is 1.90. The van der Waals surface area contributed by atoms with Crippen LogP contribution in [0.25, 0.3) is 0 Å². The summed E-state index contributed by atoms with van der Waals surface area (Å²) in [6, 6.07) is -0.880. The van der Waals surface area contributed by atoms with Gasteiger partial charge in [-0.3, -0.25) is 9.59 Å². The first-order valence-corrected chi connectivity index (χ1v) is 7.73. The first-order valence-electron chi connectivity index (χ1n) is 7.73. The van der Waals surface area contributed by atoms with E-state index < -0.39 is 17.9 Å². The van der Waals surface area contributed by atoms with Gasteiger partial charge in [0.2, 0.25) is 11.8 Å². The van der Waals surface area contributed by atoms with Crippen molar-refractivity contribution in [1.29, 1.82) is 0 Å². The van der Waals surface area contributed by atoms with Crippen molar-refractivity contribution in [2.24, 2.45) is 17.8 Å². The van der Waals surface area contributed by atoms with E-state index in [1.54, 1.807) is 11.8 Å². The molecule has 0 aromatic heterocycles. The third-order valence-electron chi connectivity index (χ3n) is 4.54. The van der Waals surface area contributed by atoms with Crippen molar-refractivity contribution in [3.8, 4) is 0 Å². The number of carboxylic acids is 1. The zero-order chi connectivity index (χ0) is 15.6. The van der Waals surface area contributed by atoms with Crippen molar-refractivity contribution < 1.29 is 19.5 Å². The molecule has 2 fully saturated rings. The summed E-state index contributed by atoms with van der Waals surface area (Å²) in [5, 5.41) is 11.8. The van der Waals surface area contributed by atoms with Crippen LogP contribution in [0, 0.1) is 17.8 Å². The number of amides is 2. The summed E-state index contributed by atoms with van der Waals surface area (Å²) in [6.45, 7) is 4.87. The van der Waals surface area contributed by atoms with Crippen molar-refractivity contribution in [2.45, 2.75) is 45.6 Å². The Kier molecular flexibility index (Phi) is 4.85. The van der Waals surface area contributed by atoms with Crippen LogP contribution < -0.4 is 5.32 Å². The zero-order valence-electron chi connectivity index (χ0n) is 12.7. The molecule has 0 spiro atoms. The maximum Gasteiger partial charge on any atom is 0.326 e. The minimum atomic E-state index is -1.02. The minimum absolute atomic E-state index is 0.0115. The molecule has 1 heterocycles. The predicted octanol–water partition coefficient (Wildman–Crippen LogP) is 0.860. The SMILES string of the molecule is CC[C@H](C)[C@H](NC(=O)C1CC(=O)N(CC2CC2)C1)C(=O)O. The zero-order valence-corrected chi connectivity index (χ0v) is 12.7. The summed E-state index contributed by atoms with van der Waals surface area (Å²) < 4.78 is 0. The van der Waals surface area contributed by atoms with E-state index >= 15 is 0 Å². The van der Waals surface area contributed by atoms with E-state index in [9.17, 15) is 19.5 Å². The molecule has 3 atom stereocenters. The molecule has 0 radical (unpaired) electrons. The van der Waals surface area contributed by atoms with Crippen LogP contribution in [0.15, 0.2) is 0 Å². The Morgan fingerprint density at radius 3 is 2.62 bits per heavy atom. The highest BCUT2D eigenvalue weighted by Gasteiger charge is 2.38. The maximum atomic E-state index is 12.2. The number of nitrogens with zero attached hydrogens (tertiary/aromatic N) is 1. The lowest BCUT2D eigenvalue weighted by Crippen LogP contribution is -2.47. The fourth-order valence-corrected chi connectivity index (χ4v) is 2.69. The van der Waals surface area contributed by atoms with E-state index in [-0.39, 0.29) is 24.2 Å². The molecule has 2 amide bonds. The second-order valence-corrected chi connectivity index (χ2v) is 6.35. The molecule has 1 aliphatic carbocycles. The quantitative estimate of drug-likeness (QED) is 0.729. The first-order chi connectivity index (χ1) is 9.92. The third kappa shape index (κ3) is 3.95. The fourth-order valence-electron chi connectivity index (χ4n) is 2.69. The second-order valence-electron chi connectivity index (χ2n) is 6.35. The van der Waals surface area contributed by atoms with Gasteiger partial charge in [-0.25, -0.2) is 4.79 Å². The van der Waals surface area contributed by atoms with Crippen molar-refractivity contribution in [2.75, 3.05) is 13.1 Å². The van der Waals surface area contributed by atoms with Gasteiger partial charge in [0.1, 0.15) is 6.04 Å². The molecule has 2 rings (SSSR count). The van der Waals surface area contributed by atoms with Gasteiger partial charge in [0.05, 0.1) is 5.92 Å². The van der Waals surface area contributed by atoms with Crippen molar-refractivity contribution >= 4 is 17.8 Å². The summed E-state index contributed by atoms with van der Waals surface area (Å²) in [6.07, 6.45) is 3.20. The van der Waals surface area contributed by atoms with Gasteiger partial charge in [0.25, 0.3) is 0 Å². The number of rotatable bonds is 7. The lowest BCUT2D eigenvalue weighted by Gasteiger charge is -2.22. The summed E-state index contributed by atoms with van der Waals surface area (Å²) in [4.78, 5) is 37.1. The van der Waals surface area contributed by atoms with Crippen molar-refractivity contribution in [3.05, 3.63) is 0 Å². The van der Waals surface area contributed by atoms with Crippen molar-refractivity contribution in [1.82, 2.24) is 10.2 Å². The van der Waals surface area contributed by atoms with Crippen LogP contribution in [0.3, 0.4) is 0 Å². The molecular weight excluding hydrogens is 272 g/mol. The van der Waals surface area contributed by atoms with Crippen molar-refractivity contribution in [3.63, 3.8) is 0 Å². The van der Waals surface area contributed by atoms with Crippen LogP contribution in [0.4, 0.5) is 0 Å². The molecule has 0 aromatic rings. The van der Waals surface area contributed by atoms with E-state index in [2.05, 4.69) is 5.32 Å². The van der Waals surface area contributed by atoms with E-state index in [0.29, 0.717) is 18.9 Å². The lowest BCUT2D eigenvalue weighted by molar-refractivity contribution is -0.143. The number of carbonyl (C=O) groups excluding carboxylic acids is 2. The van der Waals surface area contributed by atoms with Gasteiger partial charge >= 0.3 is 5.97 Å². The number of hydrogen-bond acceptors (Lipinski definition) is 3. The van der Waals surface area contributed by atoms with E-state index in [0.717, 1.165) is 19.4 Å². The average Bonchev–Trinajstić information content (AvgIpc) is 3.18. The van der Waals surface area contributed by atoms with E-state index in [1.807, 2.05) is 6.92 Å². The number of carbonyl (C=O) groups is 3. The normalized spacial score (nSPS) is 24.8. The molecule has 2 N–H and O–H groups in total. The molecule has 0 aromatic carbocycles. The first kappa shape index (κ1) is 15.8. The Hall–Kier alpha value is -1.59. The largest absolute Gasteiger partial charge is 0.480 e. The van der Waals surface area contributed by atoms with Crippen LogP contribution in [-0.4, -0.2) is 46.9 Å². The number of likely N-dealkylation sites (tertiary alicyclic amines) is 1. The number of nitrogens with one attached hydrogen (secondary N) is 1. The maximum absolute atomic E-state index is 12.2. The Labute approximate surface area is 124 Å². The van der Waals surface area contributed by atoms with Crippen LogP contribution in [0.1, 0.15) is 39.5 Å². The van der Waals surface area contributed by atoms with E-state index in [4.69, 9.17) is 0 Å². The lowest BCUT2D eigenvalue weighted by atomic mass is 9.98. The number of carboxylic acid groups (broad SMARTS) is 1. The van der Waals surface area contributed by atoms with Gasteiger partial charge in [-0.05, 0) is 24.7 Å². The van der Waals surface area contributed by atoms with Gasteiger partial charge < -0.3 is 15.3 Å². The van der Waals surface area contributed by atoms with Crippen LogP contribution >= 0.6 is 0 Å². The Morgan fingerprint density at radius 2 is 2.10 bits per heavy atom. The summed E-state index contributed by atoms with van der Waals surface area (Å²) in [7, 11) is 0. The molecule has 2 aliphatic rings. The third-order valence-corrected chi connectivity index (χ3v) is 4.54. The average molecular weight is 296 g/mol. The molecular formula is C15H24N2O4. The topological polar surface area (TPSA) is 86.7 Å². The van der Waals surface area contributed by atoms with Gasteiger partial charge in [-0.2, -0.15) is 0 Å². The molecule has 0 bridgehead atoms. The highest BCUT2D eigenvalue weighted by molar-refractivity contribution is 5.91. The molecule has 21 heavy (non-hydrogen) atoms. The summed E-state index contributed by atoms with van der Waals surface area (Å²) in [5.74, 6) is -1.26. The monoisotopic (exact) mass is 296 g/mol. The number of hydrogen-bond donors (Lipinski definition) is 2. The predicted molar refractivity (Wildman–Crippen MR) is 76.4 cm³/mol. The molecule has 1 saturated heterocycles. The number of aliphatic carboxylic acids is 1. The fraction of sp³-hybridized carbons (Fsp3) is 0.800. The molecule has 6 heteroatoms. The highest BCUT2D eigenvalue weighted by Crippen LogP contribution is 2.32. The summed E-state index contributed by atoms with van der Waals surface area (Å²) in [5.41, 5.74) is 0. The van der Waals surface area contributed by atoms with Gasteiger partial charge in [-0.1, -0.05) is 20.3 Å². The highest BCUT2D eigenvalue weighted by atomic mass is 16.4. The smallest absolute Gasteiger partial charge is 0.326 e. The Morgan fingerprint density at radius 1 is 1.43 bits per heavy atom.